The predicted molar refractivity (Wildman–Crippen MR) is 82.6 cm³/mol. The lowest BCUT2D eigenvalue weighted by molar-refractivity contribution is -0.154. The number of carbonyl (C=O) groups is 2. The van der Waals surface area contributed by atoms with Crippen LogP contribution in [0, 0.1) is 5.92 Å². The average Bonchev–Trinajstić information content (AvgIpc) is 2.74. The van der Waals surface area contributed by atoms with Gasteiger partial charge < -0.3 is 14.6 Å². The number of aliphatic hydroxyl groups is 1. The molecule has 1 aliphatic heterocycles. The number of benzene rings is 1. The molecule has 1 aromatic carbocycles. The van der Waals surface area contributed by atoms with E-state index in [1.807, 2.05) is 13.0 Å². The number of rotatable bonds is 4. The molecular formula is C18H20O5. The molecule has 1 heterocycles. The van der Waals surface area contributed by atoms with Gasteiger partial charge in [0.1, 0.15) is 12.2 Å². The molecule has 0 amide bonds. The molecule has 0 aromatic heterocycles. The molecule has 1 N–H and O–H groups in total. The van der Waals surface area contributed by atoms with Gasteiger partial charge in [0.15, 0.2) is 5.60 Å². The van der Waals surface area contributed by atoms with Crippen molar-refractivity contribution in [2.75, 3.05) is 0 Å². The Hall–Kier alpha value is -2.14. The summed E-state index contributed by atoms with van der Waals surface area (Å²) in [5.74, 6) is -1.25. The first-order valence-corrected chi connectivity index (χ1v) is 7.73. The Morgan fingerprint density at radius 3 is 2.74 bits per heavy atom. The quantitative estimate of drug-likeness (QED) is 0.681. The smallest absolute Gasteiger partial charge is 0.338 e. The molecule has 1 aliphatic carbocycles. The highest BCUT2D eigenvalue weighted by molar-refractivity contribution is 5.89. The van der Waals surface area contributed by atoms with Gasteiger partial charge in [-0.25, -0.2) is 9.59 Å². The van der Waals surface area contributed by atoms with E-state index in [0.29, 0.717) is 12.0 Å². The normalized spacial score (nSPS) is 32.3. The molecular weight excluding hydrogens is 296 g/mol. The second-order valence-electron chi connectivity index (χ2n) is 6.54. The SMILES string of the molecule is C=C(C)CC1CC2(O)CC(OC2=O)C1OC(=O)c1ccccc1. The van der Waals surface area contributed by atoms with E-state index >= 15 is 0 Å². The predicted octanol–water partition coefficient (Wildman–Crippen LogP) is 2.24. The van der Waals surface area contributed by atoms with Crippen LogP contribution < -0.4 is 0 Å². The fourth-order valence-electron chi connectivity index (χ4n) is 3.48. The van der Waals surface area contributed by atoms with Crippen molar-refractivity contribution in [3.8, 4) is 0 Å². The van der Waals surface area contributed by atoms with Crippen LogP contribution in [0.25, 0.3) is 0 Å². The van der Waals surface area contributed by atoms with Gasteiger partial charge in [0.05, 0.1) is 5.56 Å². The highest BCUT2D eigenvalue weighted by Crippen LogP contribution is 2.44. The van der Waals surface area contributed by atoms with Crippen molar-refractivity contribution in [3.05, 3.63) is 48.0 Å². The maximum absolute atomic E-state index is 12.3. The van der Waals surface area contributed by atoms with Crippen LogP contribution in [0.2, 0.25) is 0 Å². The first-order valence-electron chi connectivity index (χ1n) is 7.73. The molecule has 23 heavy (non-hydrogen) atoms. The van der Waals surface area contributed by atoms with E-state index in [2.05, 4.69) is 6.58 Å². The van der Waals surface area contributed by atoms with E-state index in [1.165, 1.54) is 0 Å². The van der Waals surface area contributed by atoms with Crippen LogP contribution in [-0.2, 0) is 14.3 Å². The van der Waals surface area contributed by atoms with E-state index < -0.39 is 29.7 Å². The summed E-state index contributed by atoms with van der Waals surface area (Å²) >= 11 is 0. The van der Waals surface area contributed by atoms with Crippen molar-refractivity contribution < 1.29 is 24.2 Å². The first-order chi connectivity index (χ1) is 10.9. The number of hydrogen-bond donors (Lipinski definition) is 1. The van der Waals surface area contributed by atoms with E-state index in [4.69, 9.17) is 9.47 Å². The Kier molecular flexibility index (Phi) is 3.98. The Bertz CT molecular complexity index is 638. The zero-order valence-corrected chi connectivity index (χ0v) is 13.0. The molecule has 2 aliphatic rings. The molecule has 4 atom stereocenters. The maximum Gasteiger partial charge on any atom is 0.338 e. The Labute approximate surface area is 134 Å². The lowest BCUT2D eigenvalue weighted by atomic mass is 9.74. The van der Waals surface area contributed by atoms with Gasteiger partial charge in [0.25, 0.3) is 0 Å². The highest BCUT2D eigenvalue weighted by atomic mass is 16.6. The fourth-order valence-corrected chi connectivity index (χ4v) is 3.48. The minimum Gasteiger partial charge on any atom is -0.456 e. The molecule has 122 valence electrons. The molecule has 4 unspecified atom stereocenters. The molecule has 2 fully saturated rings. The summed E-state index contributed by atoms with van der Waals surface area (Å²) in [4.78, 5) is 24.2. The van der Waals surface area contributed by atoms with Crippen LogP contribution in [0.3, 0.4) is 0 Å². The molecule has 1 saturated heterocycles. The van der Waals surface area contributed by atoms with E-state index in [1.54, 1.807) is 24.3 Å². The molecule has 5 heteroatoms. The summed E-state index contributed by atoms with van der Waals surface area (Å²) in [5, 5.41) is 10.4. The lowest BCUT2D eigenvalue weighted by Gasteiger charge is -2.36. The molecule has 3 rings (SSSR count). The second kappa shape index (κ2) is 5.81. The molecule has 2 bridgehead atoms. The standard InChI is InChI=1S/C18H20O5/c1-11(2)8-13-9-18(21)10-14(22-17(18)20)15(13)23-16(19)12-6-4-3-5-7-12/h3-7,13-15,21H,1,8-10H2,2H3. The summed E-state index contributed by atoms with van der Waals surface area (Å²) < 4.78 is 10.9. The topological polar surface area (TPSA) is 72.8 Å². The van der Waals surface area contributed by atoms with Gasteiger partial charge >= 0.3 is 11.9 Å². The van der Waals surface area contributed by atoms with Gasteiger partial charge in [0, 0.05) is 12.3 Å². The van der Waals surface area contributed by atoms with Crippen LogP contribution in [0.15, 0.2) is 42.5 Å². The number of carbonyl (C=O) groups excluding carboxylic acids is 2. The first kappa shape index (κ1) is 15.7. The van der Waals surface area contributed by atoms with Crippen molar-refractivity contribution in [1.29, 1.82) is 0 Å². The Balaban J connectivity index is 1.81. The fraction of sp³-hybridized carbons (Fsp3) is 0.444. The van der Waals surface area contributed by atoms with Gasteiger partial charge in [0.2, 0.25) is 0 Å². The molecule has 1 saturated carbocycles. The zero-order chi connectivity index (χ0) is 16.6. The number of ether oxygens (including phenoxy) is 2. The van der Waals surface area contributed by atoms with E-state index in [9.17, 15) is 14.7 Å². The van der Waals surface area contributed by atoms with Crippen molar-refractivity contribution in [1.82, 2.24) is 0 Å². The van der Waals surface area contributed by atoms with Gasteiger partial charge in [-0.2, -0.15) is 0 Å². The molecule has 5 nitrogen and oxygen atoms in total. The highest BCUT2D eigenvalue weighted by Gasteiger charge is 2.58. The van der Waals surface area contributed by atoms with Crippen LogP contribution in [-0.4, -0.2) is 34.9 Å². The maximum atomic E-state index is 12.3. The minimum absolute atomic E-state index is 0.172. The summed E-state index contributed by atoms with van der Waals surface area (Å²) in [7, 11) is 0. The minimum atomic E-state index is -1.46. The zero-order valence-electron chi connectivity index (χ0n) is 13.0. The van der Waals surface area contributed by atoms with Gasteiger partial charge in [-0.15, -0.1) is 6.58 Å². The number of hydrogen-bond acceptors (Lipinski definition) is 5. The summed E-state index contributed by atoms with van der Waals surface area (Å²) in [5.41, 5.74) is -0.0969. The third kappa shape index (κ3) is 3.01. The molecule has 0 spiro atoms. The third-order valence-electron chi connectivity index (χ3n) is 4.47. The largest absolute Gasteiger partial charge is 0.456 e. The number of allylic oxidation sites excluding steroid dienone is 1. The molecule has 1 aromatic rings. The van der Waals surface area contributed by atoms with Gasteiger partial charge in [-0.1, -0.05) is 23.8 Å². The third-order valence-corrected chi connectivity index (χ3v) is 4.47. The Morgan fingerprint density at radius 1 is 1.39 bits per heavy atom. The second-order valence-corrected chi connectivity index (χ2v) is 6.54. The summed E-state index contributed by atoms with van der Waals surface area (Å²) in [6, 6.07) is 8.69. The van der Waals surface area contributed by atoms with Crippen molar-refractivity contribution >= 4 is 11.9 Å². The van der Waals surface area contributed by atoms with E-state index in [0.717, 1.165) is 5.57 Å². The Morgan fingerprint density at radius 2 is 2.09 bits per heavy atom. The van der Waals surface area contributed by atoms with E-state index in [-0.39, 0.29) is 18.8 Å². The number of esters is 2. The van der Waals surface area contributed by atoms with Crippen LogP contribution in [0.1, 0.15) is 36.5 Å². The summed E-state index contributed by atoms with van der Waals surface area (Å²) in [6.45, 7) is 5.76. The van der Waals surface area contributed by atoms with Crippen molar-refractivity contribution in [2.24, 2.45) is 5.92 Å². The van der Waals surface area contributed by atoms with Crippen molar-refractivity contribution in [2.45, 2.75) is 44.0 Å². The van der Waals surface area contributed by atoms with Crippen molar-refractivity contribution in [3.63, 3.8) is 0 Å². The monoisotopic (exact) mass is 316 g/mol. The van der Waals surface area contributed by atoms with Gasteiger partial charge in [-0.05, 0) is 31.9 Å². The average molecular weight is 316 g/mol. The van der Waals surface area contributed by atoms with Crippen LogP contribution >= 0.6 is 0 Å². The van der Waals surface area contributed by atoms with Crippen LogP contribution in [0.5, 0.6) is 0 Å². The lowest BCUT2D eigenvalue weighted by Crippen LogP contribution is -2.47. The molecule has 0 radical (unpaired) electrons. The van der Waals surface area contributed by atoms with Gasteiger partial charge in [-0.3, -0.25) is 0 Å². The number of fused-ring (bicyclic) bond motifs is 2. The van der Waals surface area contributed by atoms with Crippen LogP contribution in [0.4, 0.5) is 0 Å². The summed E-state index contributed by atoms with van der Waals surface area (Å²) in [6.07, 6.45) is -0.195.